The van der Waals surface area contributed by atoms with Gasteiger partial charge >= 0.3 is 0 Å². The van der Waals surface area contributed by atoms with Crippen molar-refractivity contribution in [2.75, 3.05) is 14.1 Å². The number of amides is 1. The van der Waals surface area contributed by atoms with Gasteiger partial charge in [-0.1, -0.05) is 11.6 Å². The fraction of sp³-hybridized carbons (Fsp3) is 0.238. The summed E-state index contributed by atoms with van der Waals surface area (Å²) in [6.07, 6.45) is 2.05. The third kappa shape index (κ3) is 3.56. The van der Waals surface area contributed by atoms with E-state index in [-0.39, 0.29) is 46.0 Å². The number of nitrogens with zero attached hydrogens (tertiary/aromatic N) is 1. The van der Waals surface area contributed by atoms with Gasteiger partial charge in [-0.05, 0) is 32.4 Å². The van der Waals surface area contributed by atoms with Crippen LogP contribution in [0, 0.1) is 0 Å². The number of carbonyl (C=O) groups is 1. The van der Waals surface area contributed by atoms with Crippen molar-refractivity contribution in [3.63, 3.8) is 0 Å². The fourth-order valence-corrected chi connectivity index (χ4v) is 2.84. The van der Waals surface area contributed by atoms with Gasteiger partial charge in [-0.2, -0.15) is 0 Å². The largest absolute Gasteiger partial charge is 0.507 e. The minimum Gasteiger partial charge on any atom is -0.507 e. The molecule has 3 rings (SSSR count). The first-order valence-corrected chi connectivity index (χ1v) is 8.80. The monoisotopic (exact) mass is 399 g/mol. The quantitative estimate of drug-likeness (QED) is 0.574. The van der Waals surface area contributed by atoms with E-state index >= 15 is 0 Å². The number of aromatic hydroxyl groups is 3. The lowest BCUT2D eigenvalue weighted by molar-refractivity contribution is 0.0797. The van der Waals surface area contributed by atoms with Gasteiger partial charge in [0.15, 0.2) is 11.5 Å². The highest BCUT2D eigenvalue weighted by Crippen LogP contribution is 2.39. The van der Waals surface area contributed by atoms with Crippen LogP contribution >= 0.6 is 0 Å². The van der Waals surface area contributed by atoms with E-state index in [9.17, 15) is 24.9 Å². The average Bonchev–Trinajstić information content (AvgIpc) is 3.12. The van der Waals surface area contributed by atoms with Crippen molar-refractivity contribution >= 4 is 16.9 Å². The normalized spacial score (nSPS) is 10.9. The SMILES string of the molecule is CC(C)=CCc1c(O)cc(O)c2c(=O)c(O)c(-c3ccc(C(=O)N(C)C)o3)oc12. The highest BCUT2D eigenvalue weighted by molar-refractivity contribution is 5.93. The van der Waals surface area contributed by atoms with E-state index in [0.29, 0.717) is 0 Å². The van der Waals surface area contributed by atoms with E-state index in [4.69, 9.17) is 8.83 Å². The molecule has 3 N–H and O–H groups in total. The van der Waals surface area contributed by atoms with Crippen LogP contribution in [-0.4, -0.2) is 40.2 Å². The molecule has 0 atom stereocenters. The molecule has 0 bridgehead atoms. The maximum Gasteiger partial charge on any atom is 0.289 e. The summed E-state index contributed by atoms with van der Waals surface area (Å²) in [5.41, 5.74) is 0.294. The molecule has 0 fully saturated rings. The van der Waals surface area contributed by atoms with Crippen LogP contribution in [0.4, 0.5) is 0 Å². The minimum atomic E-state index is -0.880. The Labute approximate surface area is 165 Å². The second kappa shape index (κ2) is 7.38. The molecule has 0 spiro atoms. The van der Waals surface area contributed by atoms with Crippen LogP contribution in [0.3, 0.4) is 0 Å². The topological polar surface area (TPSA) is 124 Å². The van der Waals surface area contributed by atoms with E-state index in [1.807, 2.05) is 19.9 Å². The standard InChI is InChI=1S/C21H21NO7/c1-10(2)5-6-11-12(23)9-13(24)16-17(25)18(26)20(29-19(11)16)14-7-8-15(28-14)21(27)22(3)4/h5,7-9,23-24,26H,6H2,1-4H3. The van der Waals surface area contributed by atoms with Crippen LogP contribution in [0.15, 0.2) is 43.5 Å². The van der Waals surface area contributed by atoms with Gasteiger partial charge in [0.2, 0.25) is 16.9 Å². The maximum absolute atomic E-state index is 12.7. The second-order valence-corrected chi connectivity index (χ2v) is 7.06. The van der Waals surface area contributed by atoms with Gasteiger partial charge in [0.1, 0.15) is 22.5 Å². The molecule has 0 aliphatic heterocycles. The Hall–Kier alpha value is -3.68. The number of rotatable bonds is 4. The van der Waals surface area contributed by atoms with E-state index in [1.165, 1.54) is 17.0 Å². The van der Waals surface area contributed by atoms with Gasteiger partial charge < -0.3 is 29.1 Å². The number of carbonyl (C=O) groups excluding carboxylic acids is 1. The molecule has 0 unspecified atom stereocenters. The zero-order valence-corrected chi connectivity index (χ0v) is 16.4. The first-order valence-electron chi connectivity index (χ1n) is 8.80. The first kappa shape index (κ1) is 20.1. The van der Waals surface area contributed by atoms with Gasteiger partial charge in [0.25, 0.3) is 5.91 Å². The Morgan fingerprint density at radius 3 is 2.41 bits per heavy atom. The van der Waals surface area contributed by atoms with Crippen LogP contribution in [0.2, 0.25) is 0 Å². The molecule has 3 aromatic rings. The fourth-order valence-electron chi connectivity index (χ4n) is 2.84. The van der Waals surface area contributed by atoms with E-state index < -0.39 is 22.8 Å². The second-order valence-electron chi connectivity index (χ2n) is 7.06. The summed E-state index contributed by atoms with van der Waals surface area (Å²) >= 11 is 0. The van der Waals surface area contributed by atoms with Crippen molar-refractivity contribution in [2.45, 2.75) is 20.3 Å². The lowest BCUT2D eigenvalue weighted by Crippen LogP contribution is -2.20. The zero-order valence-electron chi connectivity index (χ0n) is 16.4. The highest BCUT2D eigenvalue weighted by atomic mass is 16.4. The third-order valence-electron chi connectivity index (χ3n) is 4.36. The molecule has 1 aromatic carbocycles. The summed E-state index contributed by atoms with van der Waals surface area (Å²) in [7, 11) is 3.11. The number of phenolic OH excluding ortho intramolecular Hbond substituents is 2. The molecule has 0 saturated heterocycles. The van der Waals surface area contributed by atoms with Crippen molar-refractivity contribution in [1.82, 2.24) is 4.90 Å². The molecule has 0 radical (unpaired) electrons. The Bertz CT molecular complexity index is 1190. The van der Waals surface area contributed by atoms with E-state index in [1.54, 1.807) is 14.1 Å². The lowest BCUT2D eigenvalue weighted by Gasteiger charge is -2.11. The summed E-state index contributed by atoms with van der Waals surface area (Å²) in [5, 5.41) is 30.5. The summed E-state index contributed by atoms with van der Waals surface area (Å²) in [6, 6.07) is 3.82. The predicted molar refractivity (Wildman–Crippen MR) is 106 cm³/mol. The molecule has 0 aliphatic carbocycles. The summed E-state index contributed by atoms with van der Waals surface area (Å²) in [5.74, 6) is -2.29. The van der Waals surface area contributed by atoms with Gasteiger partial charge in [-0.25, -0.2) is 0 Å². The maximum atomic E-state index is 12.7. The van der Waals surface area contributed by atoms with Crippen LogP contribution < -0.4 is 5.43 Å². The summed E-state index contributed by atoms with van der Waals surface area (Å²) in [4.78, 5) is 26.1. The summed E-state index contributed by atoms with van der Waals surface area (Å²) in [6.45, 7) is 3.75. The average molecular weight is 399 g/mol. The Balaban J connectivity index is 2.29. The minimum absolute atomic E-state index is 0.00401. The van der Waals surface area contributed by atoms with Crippen LogP contribution in [-0.2, 0) is 6.42 Å². The molecule has 8 nitrogen and oxygen atoms in total. The van der Waals surface area contributed by atoms with Gasteiger partial charge in [0.05, 0.1) is 0 Å². The van der Waals surface area contributed by atoms with E-state index in [0.717, 1.165) is 11.6 Å². The number of allylic oxidation sites excluding steroid dienone is 2. The summed E-state index contributed by atoms with van der Waals surface area (Å²) < 4.78 is 11.2. The Morgan fingerprint density at radius 2 is 1.79 bits per heavy atom. The van der Waals surface area contributed by atoms with Crippen molar-refractivity contribution in [1.29, 1.82) is 0 Å². The van der Waals surface area contributed by atoms with Crippen LogP contribution in [0.25, 0.3) is 22.5 Å². The lowest BCUT2D eigenvalue weighted by atomic mass is 10.0. The molecule has 29 heavy (non-hydrogen) atoms. The van der Waals surface area contributed by atoms with Crippen molar-refractivity contribution in [3.8, 4) is 28.8 Å². The van der Waals surface area contributed by atoms with Gasteiger partial charge in [0, 0.05) is 25.7 Å². The van der Waals surface area contributed by atoms with Crippen molar-refractivity contribution in [3.05, 3.63) is 51.4 Å². The van der Waals surface area contributed by atoms with E-state index in [2.05, 4.69) is 0 Å². The third-order valence-corrected chi connectivity index (χ3v) is 4.36. The molecular weight excluding hydrogens is 378 g/mol. The number of furan rings is 1. The zero-order chi connectivity index (χ0) is 21.5. The number of fused-ring (bicyclic) bond motifs is 1. The van der Waals surface area contributed by atoms with Crippen molar-refractivity contribution in [2.24, 2.45) is 0 Å². The molecule has 1 amide bonds. The van der Waals surface area contributed by atoms with Crippen LogP contribution in [0.5, 0.6) is 17.2 Å². The Morgan fingerprint density at radius 1 is 1.10 bits per heavy atom. The molecular formula is C21H21NO7. The Kier molecular flexibility index (Phi) is 5.11. The number of phenols is 2. The molecule has 2 aromatic heterocycles. The van der Waals surface area contributed by atoms with Crippen LogP contribution in [0.1, 0.15) is 30.0 Å². The molecule has 8 heteroatoms. The smallest absolute Gasteiger partial charge is 0.289 e. The molecule has 2 heterocycles. The first-order chi connectivity index (χ1) is 13.6. The number of hydrogen-bond donors (Lipinski definition) is 3. The highest BCUT2D eigenvalue weighted by Gasteiger charge is 2.24. The number of benzene rings is 1. The molecule has 152 valence electrons. The molecule has 0 saturated carbocycles. The predicted octanol–water partition coefficient (Wildman–Crippen LogP) is 3.38. The number of hydrogen-bond acceptors (Lipinski definition) is 7. The van der Waals surface area contributed by atoms with Gasteiger partial charge in [-0.15, -0.1) is 0 Å². The molecule has 0 aliphatic rings. The van der Waals surface area contributed by atoms with Gasteiger partial charge in [-0.3, -0.25) is 9.59 Å². The van der Waals surface area contributed by atoms with Crippen molar-refractivity contribution < 1.29 is 28.9 Å².